The number of aromatic nitrogens is 3. The Bertz CT molecular complexity index is 1010. The van der Waals surface area contributed by atoms with Crippen molar-refractivity contribution in [1.29, 1.82) is 0 Å². The molecule has 10 heteroatoms. The van der Waals surface area contributed by atoms with E-state index in [1.165, 1.54) is 23.0 Å². The number of hydrogen-bond donors (Lipinski definition) is 0. The first-order chi connectivity index (χ1) is 14.8. The molecule has 31 heavy (non-hydrogen) atoms. The summed E-state index contributed by atoms with van der Waals surface area (Å²) in [6.07, 6.45) is 5.48. The van der Waals surface area contributed by atoms with Crippen LogP contribution in [0.2, 0.25) is 5.02 Å². The van der Waals surface area contributed by atoms with Crippen LogP contribution in [0.5, 0.6) is 0 Å². The number of rotatable bonds is 4. The number of benzene rings is 1. The molecule has 1 aromatic heterocycles. The van der Waals surface area contributed by atoms with Crippen molar-refractivity contribution in [2.75, 3.05) is 13.7 Å². The standard InChI is InChI=1S/C21H22ClF2N3O4/c1-5-6-14-19(28-4)18(20-15(30-14)10-29-21(2,3)31-20)27-9-13(25-26-27)11-7-8-12(22)17(24)16(11)23/h1,7-9,14-15,18-20H,6,10H2,2-4H3/t14-,15-,18?,19+,20+/m1/s1. The summed E-state index contributed by atoms with van der Waals surface area (Å²) in [4.78, 5) is 0. The molecule has 0 spiro atoms. The molecule has 2 saturated heterocycles. The Balaban J connectivity index is 1.74. The molecule has 0 radical (unpaired) electrons. The van der Waals surface area contributed by atoms with Gasteiger partial charge in [-0.05, 0) is 26.0 Å². The maximum atomic E-state index is 14.4. The Morgan fingerprint density at radius 2 is 2.13 bits per heavy atom. The van der Waals surface area contributed by atoms with Crippen LogP contribution in [0.4, 0.5) is 8.78 Å². The summed E-state index contributed by atoms with van der Waals surface area (Å²) >= 11 is 5.66. The highest BCUT2D eigenvalue weighted by molar-refractivity contribution is 6.30. The van der Waals surface area contributed by atoms with Gasteiger partial charge in [-0.2, -0.15) is 0 Å². The largest absolute Gasteiger partial charge is 0.376 e. The van der Waals surface area contributed by atoms with Gasteiger partial charge in [-0.25, -0.2) is 13.5 Å². The van der Waals surface area contributed by atoms with Gasteiger partial charge < -0.3 is 18.9 Å². The van der Waals surface area contributed by atoms with Crippen LogP contribution in [0.3, 0.4) is 0 Å². The van der Waals surface area contributed by atoms with Crippen molar-refractivity contribution < 1.29 is 27.7 Å². The smallest absolute Gasteiger partial charge is 0.178 e. The van der Waals surface area contributed by atoms with Gasteiger partial charge in [0.15, 0.2) is 17.4 Å². The fraction of sp³-hybridized carbons (Fsp3) is 0.524. The molecule has 3 heterocycles. The molecule has 0 saturated carbocycles. The van der Waals surface area contributed by atoms with E-state index in [1.807, 2.05) is 0 Å². The van der Waals surface area contributed by atoms with Crippen molar-refractivity contribution in [2.24, 2.45) is 0 Å². The summed E-state index contributed by atoms with van der Waals surface area (Å²) in [6.45, 7) is 3.90. The molecule has 5 atom stereocenters. The number of methoxy groups -OCH3 is 1. The normalized spacial score (nSPS) is 29.9. The van der Waals surface area contributed by atoms with E-state index in [0.29, 0.717) is 13.0 Å². The second-order valence-corrected chi connectivity index (χ2v) is 8.32. The first-order valence-electron chi connectivity index (χ1n) is 9.75. The van der Waals surface area contributed by atoms with Crippen LogP contribution >= 0.6 is 11.6 Å². The van der Waals surface area contributed by atoms with Crippen LogP contribution < -0.4 is 0 Å². The maximum absolute atomic E-state index is 14.4. The predicted molar refractivity (Wildman–Crippen MR) is 107 cm³/mol. The summed E-state index contributed by atoms with van der Waals surface area (Å²) in [7, 11) is 1.54. The Labute approximate surface area is 183 Å². The molecule has 0 N–H and O–H groups in total. The van der Waals surface area contributed by atoms with Crippen LogP contribution in [-0.4, -0.2) is 58.9 Å². The maximum Gasteiger partial charge on any atom is 0.178 e. The lowest BCUT2D eigenvalue weighted by molar-refractivity contribution is -0.349. The van der Waals surface area contributed by atoms with Crippen LogP contribution in [-0.2, 0) is 18.9 Å². The first kappa shape index (κ1) is 22.1. The average molecular weight is 454 g/mol. The van der Waals surface area contributed by atoms with Gasteiger partial charge >= 0.3 is 0 Å². The van der Waals surface area contributed by atoms with Gasteiger partial charge in [0.1, 0.15) is 30.0 Å². The SMILES string of the molecule is C#CC[C@H]1O[C@@H]2COC(C)(C)O[C@@H]2C(n2cc(-c3ccc(Cl)c(F)c3F)nn2)[C@H]1OC. The van der Waals surface area contributed by atoms with Gasteiger partial charge in [0.25, 0.3) is 0 Å². The Morgan fingerprint density at radius 1 is 1.35 bits per heavy atom. The minimum Gasteiger partial charge on any atom is -0.376 e. The third-order valence-electron chi connectivity index (χ3n) is 5.49. The lowest BCUT2D eigenvalue weighted by atomic mass is 9.90. The van der Waals surface area contributed by atoms with Crippen molar-refractivity contribution in [1.82, 2.24) is 15.0 Å². The summed E-state index contributed by atoms with van der Waals surface area (Å²) in [6, 6.07) is 2.13. The van der Waals surface area contributed by atoms with E-state index < -0.39 is 47.9 Å². The van der Waals surface area contributed by atoms with E-state index in [-0.39, 0.29) is 16.3 Å². The van der Waals surface area contributed by atoms with E-state index in [4.69, 9.17) is 37.0 Å². The highest BCUT2D eigenvalue weighted by Gasteiger charge is 2.52. The van der Waals surface area contributed by atoms with Crippen LogP contribution in [0.15, 0.2) is 18.3 Å². The quantitative estimate of drug-likeness (QED) is 0.522. The summed E-state index contributed by atoms with van der Waals surface area (Å²) in [5, 5.41) is 7.91. The van der Waals surface area contributed by atoms with Gasteiger partial charge in [0, 0.05) is 19.1 Å². The minimum atomic E-state index is -1.14. The van der Waals surface area contributed by atoms with Gasteiger partial charge in [0.2, 0.25) is 0 Å². The summed E-state index contributed by atoms with van der Waals surface area (Å²) in [5.74, 6) is -0.489. The number of fused-ring (bicyclic) bond motifs is 1. The molecule has 2 aliphatic rings. The second kappa shape index (κ2) is 8.45. The van der Waals surface area contributed by atoms with Gasteiger partial charge in [0.05, 0.1) is 23.9 Å². The van der Waals surface area contributed by atoms with Gasteiger partial charge in [-0.15, -0.1) is 17.4 Å². The average Bonchev–Trinajstić information content (AvgIpc) is 3.20. The molecule has 0 bridgehead atoms. The van der Waals surface area contributed by atoms with E-state index in [9.17, 15) is 8.78 Å². The fourth-order valence-corrected chi connectivity index (χ4v) is 4.22. The molecule has 0 amide bonds. The highest BCUT2D eigenvalue weighted by atomic mass is 35.5. The highest BCUT2D eigenvalue weighted by Crippen LogP contribution is 2.40. The number of nitrogens with zero attached hydrogens (tertiary/aromatic N) is 3. The van der Waals surface area contributed by atoms with Crippen LogP contribution in [0.1, 0.15) is 26.3 Å². The van der Waals surface area contributed by atoms with Crippen molar-refractivity contribution in [2.45, 2.75) is 56.5 Å². The topological polar surface area (TPSA) is 67.6 Å². The molecule has 2 aromatic rings. The van der Waals surface area contributed by atoms with Gasteiger partial charge in [-0.1, -0.05) is 16.8 Å². The van der Waals surface area contributed by atoms with E-state index in [1.54, 1.807) is 21.0 Å². The Morgan fingerprint density at radius 3 is 2.84 bits per heavy atom. The molecule has 7 nitrogen and oxygen atoms in total. The summed E-state index contributed by atoms with van der Waals surface area (Å²) in [5.41, 5.74) is 0.0879. The third kappa shape index (κ3) is 4.06. The zero-order chi connectivity index (χ0) is 22.3. The predicted octanol–water partition coefficient (Wildman–Crippen LogP) is 3.38. The first-order valence-corrected chi connectivity index (χ1v) is 10.1. The molecule has 2 aliphatic heterocycles. The molecule has 1 unspecified atom stereocenters. The number of ether oxygens (including phenoxy) is 4. The number of halogens is 3. The van der Waals surface area contributed by atoms with Crippen molar-refractivity contribution in [3.8, 4) is 23.6 Å². The molecular formula is C21H22ClF2N3O4. The monoisotopic (exact) mass is 453 g/mol. The zero-order valence-electron chi connectivity index (χ0n) is 17.2. The van der Waals surface area contributed by atoms with Crippen molar-refractivity contribution in [3.63, 3.8) is 0 Å². The minimum absolute atomic E-state index is 0.0564. The zero-order valence-corrected chi connectivity index (χ0v) is 18.0. The molecular weight excluding hydrogens is 432 g/mol. The molecule has 2 fully saturated rings. The van der Waals surface area contributed by atoms with Crippen LogP contribution in [0, 0.1) is 24.0 Å². The van der Waals surface area contributed by atoms with Gasteiger partial charge in [-0.3, -0.25) is 0 Å². The lowest BCUT2D eigenvalue weighted by Gasteiger charge is -2.50. The fourth-order valence-electron chi connectivity index (χ4n) is 4.07. The second-order valence-electron chi connectivity index (χ2n) is 7.91. The Hall–Kier alpha value is -2.09. The van der Waals surface area contributed by atoms with Crippen molar-refractivity contribution in [3.05, 3.63) is 35.0 Å². The Kier molecular flexibility index (Phi) is 6.03. The summed E-state index contributed by atoms with van der Waals surface area (Å²) < 4.78 is 53.7. The molecule has 4 rings (SSSR count). The van der Waals surface area contributed by atoms with Crippen molar-refractivity contribution >= 4 is 11.6 Å². The molecule has 0 aliphatic carbocycles. The number of hydrogen-bond acceptors (Lipinski definition) is 6. The molecule has 1 aromatic carbocycles. The lowest BCUT2D eigenvalue weighted by Crippen LogP contribution is -2.62. The number of terminal acetylenes is 1. The third-order valence-corrected chi connectivity index (χ3v) is 5.78. The van der Waals surface area contributed by atoms with E-state index in [0.717, 1.165) is 0 Å². The van der Waals surface area contributed by atoms with Crippen LogP contribution in [0.25, 0.3) is 11.3 Å². The van der Waals surface area contributed by atoms with E-state index >= 15 is 0 Å². The van der Waals surface area contributed by atoms with E-state index in [2.05, 4.69) is 16.2 Å². The molecule has 166 valence electrons.